The molecule has 1 aromatic carbocycles. The Hall–Kier alpha value is -1.62. The number of aliphatic carboxylic acids is 1. The highest BCUT2D eigenvalue weighted by Crippen LogP contribution is 2.23. The second kappa shape index (κ2) is 6.02. The zero-order valence-corrected chi connectivity index (χ0v) is 11.1. The van der Waals surface area contributed by atoms with Crippen LogP contribution in [-0.4, -0.2) is 48.7 Å². The first-order valence-corrected chi connectivity index (χ1v) is 6.49. The molecule has 5 heteroatoms. The van der Waals surface area contributed by atoms with Crippen molar-refractivity contribution in [2.75, 3.05) is 31.6 Å². The van der Waals surface area contributed by atoms with Gasteiger partial charge in [0, 0.05) is 37.8 Å². The molecule has 0 bridgehead atoms. The van der Waals surface area contributed by atoms with Crippen LogP contribution in [0.1, 0.15) is 12.8 Å². The zero-order chi connectivity index (χ0) is 13.8. The highest BCUT2D eigenvalue weighted by molar-refractivity contribution is 5.66. The molecule has 1 atom stereocenters. The number of likely N-dealkylation sites (N-methyl/N-ethyl adjacent to an activating group) is 1. The van der Waals surface area contributed by atoms with Gasteiger partial charge in [-0.3, -0.25) is 4.79 Å². The van der Waals surface area contributed by atoms with Crippen molar-refractivity contribution in [1.82, 2.24) is 4.90 Å². The molecule has 0 amide bonds. The third-order valence-electron chi connectivity index (χ3n) is 3.52. The smallest absolute Gasteiger partial charge is 0.303 e. The lowest BCUT2D eigenvalue weighted by Gasteiger charge is -2.41. The molecule has 0 aliphatic carbocycles. The predicted octanol–water partition coefficient (Wildman–Crippen LogP) is 1.81. The van der Waals surface area contributed by atoms with Crippen LogP contribution in [0.15, 0.2) is 24.3 Å². The molecular weight excluding hydrogens is 247 g/mol. The number of hydrogen-bond donors (Lipinski definition) is 1. The van der Waals surface area contributed by atoms with E-state index in [-0.39, 0.29) is 18.3 Å². The van der Waals surface area contributed by atoms with E-state index in [9.17, 15) is 9.18 Å². The van der Waals surface area contributed by atoms with Crippen molar-refractivity contribution in [3.8, 4) is 0 Å². The summed E-state index contributed by atoms with van der Waals surface area (Å²) in [7, 11) is 2.02. The van der Waals surface area contributed by atoms with Crippen molar-refractivity contribution in [3.05, 3.63) is 30.1 Å². The summed E-state index contributed by atoms with van der Waals surface area (Å²) in [5.74, 6) is -1.04. The van der Waals surface area contributed by atoms with E-state index in [0.717, 1.165) is 25.3 Å². The third-order valence-corrected chi connectivity index (χ3v) is 3.52. The van der Waals surface area contributed by atoms with E-state index in [1.54, 1.807) is 6.07 Å². The second-order valence-electron chi connectivity index (χ2n) is 5.02. The van der Waals surface area contributed by atoms with Crippen LogP contribution in [0.3, 0.4) is 0 Å². The van der Waals surface area contributed by atoms with E-state index in [1.807, 2.05) is 13.1 Å². The maximum atomic E-state index is 13.3. The van der Waals surface area contributed by atoms with Crippen LogP contribution in [0.4, 0.5) is 10.1 Å². The quantitative estimate of drug-likeness (QED) is 0.902. The van der Waals surface area contributed by atoms with Gasteiger partial charge in [-0.25, -0.2) is 4.39 Å². The zero-order valence-electron chi connectivity index (χ0n) is 11.1. The number of halogens is 1. The number of anilines is 1. The Labute approximate surface area is 112 Å². The molecule has 0 aromatic heterocycles. The van der Waals surface area contributed by atoms with Crippen LogP contribution >= 0.6 is 0 Å². The number of carboxylic acids is 1. The fourth-order valence-corrected chi connectivity index (χ4v) is 2.54. The van der Waals surface area contributed by atoms with Crippen LogP contribution in [0, 0.1) is 5.82 Å². The van der Waals surface area contributed by atoms with Crippen LogP contribution < -0.4 is 4.90 Å². The summed E-state index contributed by atoms with van der Waals surface area (Å²) in [6, 6.07) is 6.63. The summed E-state index contributed by atoms with van der Waals surface area (Å²) in [4.78, 5) is 15.0. The maximum Gasteiger partial charge on any atom is 0.303 e. The highest BCUT2D eigenvalue weighted by Gasteiger charge is 2.26. The van der Waals surface area contributed by atoms with Crippen LogP contribution in [0.25, 0.3) is 0 Å². The number of hydrogen-bond acceptors (Lipinski definition) is 3. The summed E-state index contributed by atoms with van der Waals surface area (Å²) in [6.07, 6.45) is 0.723. The van der Waals surface area contributed by atoms with Crippen molar-refractivity contribution in [2.45, 2.75) is 18.9 Å². The van der Waals surface area contributed by atoms with Gasteiger partial charge in [0.05, 0.1) is 0 Å². The molecule has 2 rings (SSSR count). The number of benzene rings is 1. The fourth-order valence-electron chi connectivity index (χ4n) is 2.54. The molecule has 1 unspecified atom stereocenters. The standard InChI is InChI=1S/C14H19FN2O2/c1-16-7-8-17(12-4-2-3-11(15)9-12)13(10-16)5-6-14(18)19/h2-4,9,13H,5-8,10H2,1H3,(H,18,19). The molecule has 1 aliphatic heterocycles. The lowest BCUT2D eigenvalue weighted by molar-refractivity contribution is -0.137. The number of nitrogens with zero attached hydrogens (tertiary/aromatic N) is 2. The summed E-state index contributed by atoms with van der Waals surface area (Å²) in [5, 5.41) is 8.82. The average molecular weight is 266 g/mol. The molecule has 1 fully saturated rings. The summed E-state index contributed by atoms with van der Waals surface area (Å²) < 4.78 is 13.3. The first kappa shape index (κ1) is 13.8. The van der Waals surface area contributed by atoms with E-state index in [2.05, 4.69) is 9.80 Å². The predicted molar refractivity (Wildman–Crippen MR) is 71.9 cm³/mol. The van der Waals surface area contributed by atoms with Gasteiger partial charge in [-0.2, -0.15) is 0 Å². The number of piperazine rings is 1. The number of carboxylic acid groups (broad SMARTS) is 1. The van der Waals surface area contributed by atoms with Crippen molar-refractivity contribution >= 4 is 11.7 Å². The molecule has 0 spiro atoms. The minimum absolute atomic E-state index is 0.122. The van der Waals surface area contributed by atoms with Gasteiger partial charge < -0.3 is 14.9 Å². The van der Waals surface area contributed by atoms with Crippen LogP contribution in [0.2, 0.25) is 0 Å². The lowest BCUT2D eigenvalue weighted by atomic mass is 10.1. The molecule has 4 nitrogen and oxygen atoms in total. The average Bonchev–Trinajstić information content (AvgIpc) is 2.36. The summed E-state index contributed by atoms with van der Waals surface area (Å²) in [6.45, 7) is 2.51. The van der Waals surface area contributed by atoms with Crippen molar-refractivity contribution in [1.29, 1.82) is 0 Å². The molecule has 1 N–H and O–H groups in total. The van der Waals surface area contributed by atoms with E-state index >= 15 is 0 Å². The third kappa shape index (κ3) is 3.67. The largest absolute Gasteiger partial charge is 0.481 e. The molecule has 1 aliphatic rings. The molecule has 1 saturated heterocycles. The van der Waals surface area contributed by atoms with Crippen LogP contribution in [0.5, 0.6) is 0 Å². The molecule has 1 heterocycles. The minimum Gasteiger partial charge on any atom is -0.481 e. The minimum atomic E-state index is -0.785. The van der Waals surface area contributed by atoms with Crippen molar-refractivity contribution < 1.29 is 14.3 Å². The van der Waals surface area contributed by atoms with Gasteiger partial charge in [0.2, 0.25) is 0 Å². The number of carbonyl (C=O) groups is 1. The first-order chi connectivity index (χ1) is 9.06. The van der Waals surface area contributed by atoms with Gasteiger partial charge >= 0.3 is 5.97 Å². The monoisotopic (exact) mass is 266 g/mol. The Bertz CT molecular complexity index is 453. The van der Waals surface area contributed by atoms with Crippen molar-refractivity contribution in [3.63, 3.8) is 0 Å². The highest BCUT2D eigenvalue weighted by atomic mass is 19.1. The Kier molecular flexibility index (Phi) is 4.37. The van der Waals surface area contributed by atoms with Crippen molar-refractivity contribution in [2.24, 2.45) is 0 Å². The Morgan fingerprint density at radius 3 is 2.95 bits per heavy atom. The van der Waals surface area contributed by atoms with E-state index in [0.29, 0.717) is 6.42 Å². The summed E-state index contributed by atoms with van der Waals surface area (Å²) >= 11 is 0. The molecular formula is C14H19FN2O2. The van der Waals surface area contributed by atoms with E-state index in [4.69, 9.17) is 5.11 Å². The van der Waals surface area contributed by atoms with Gasteiger partial charge in [0.25, 0.3) is 0 Å². The lowest BCUT2D eigenvalue weighted by Crippen LogP contribution is -2.52. The van der Waals surface area contributed by atoms with Gasteiger partial charge in [-0.15, -0.1) is 0 Å². The van der Waals surface area contributed by atoms with E-state index < -0.39 is 5.97 Å². The Balaban J connectivity index is 2.13. The Morgan fingerprint density at radius 1 is 1.47 bits per heavy atom. The maximum absolute atomic E-state index is 13.3. The Morgan fingerprint density at radius 2 is 2.26 bits per heavy atom. The molecule has 0 radical (unpaired) electrons. The van der Waals surface area contributed by atoms with E-state index in [1.165, 1.54) is 12.1 Å². The molecule has 19 heavy (non-hydrogen) atoms. The van der Waals surface area contributed by atoms with Gasteiger partial charge in [-0.05, 0) is 31.7 Å². The first-order valence-electron chi connectivity index (χ1n) is 6.49. The molecule has 1 aromatic rings. The fraction of sp³-hybridized carbons (Fsp3) is 0.500. The summed E-state index contributed by atoms with van der Waals surface area (Å²) in [5.41, 5.74) is 0.837. The molecule has 104 valence electrons. The second-order valence-corrected chi connectivity index (χ2v) is 5.02. The van der Waals surface area contributed by atoms with Gasteiger partial charge in [0.1, 0.15) is 5.82 Å². The normalized spacial score (nSPS) is 20.5. The number of rotatable bonds is 4. The van der Waals surface area contributed by atoms with Gasteiger partial charge in [0.15, 0.2) is 0 Å². The topological polar surface area (TPSA) is 43.8 Å². The van der Waals surface area contributed by atoms with Crippen LogP contribution in [-0.2, 0) is 4.79 Å². The van der Waals surface area contributed by atoms with Gasteiger partial charge in [-0.1, -0.05) is 6.07 Å². The molecule has 0 saturated carbocycles. The SMILES string of the molecule is CN1CCN(c2cccc(F)c2)C(CCC(=O)O)C1.